The number of nitrogens with one attached hydrogen (secondary N) is 4. The number of hydrogen-bond acceptors (Lipinski definition) is 15. The maximum absolute atomic E-state index is 14.7. The Bertz CT molecular complexity index is 2440. The Balaban J connectivity index is 1.49. The molecule has 0 fully saturated rings. The van der Waals surface area contributed by atoms with Gasteiger partial charge in [-0.15, -0.1) is 0 Å². The van der Waals surface area contributed by atoms with E-state index in [4.69, 9.17) is 26.7 Å². The molecule has 10 N–H and O–H groups in total. The third-order valence-electron chi connectivity index (χ3n) is 10.9. The Morgan fingerprint density at radius 1 is 0.941 bits per heavy atom. The lowest BCUT2D eigenvalue weighted by molar-refractivity contribution is -0.141. The molecule has 4 aromatic rings. The van der Waals surface area contributed by atoms with Gasteiger partial charge in [0.1, 0.15) is 55.4 Å². The summed E-state index contributed by atoms with van der Waals surface area (Å²) in [6, 6.07) is 15.0. The molecule has 1 aliphatic heterocycles. The van der Waals surface area contributed by atoms with E-state index in [9.17, 15) is 29.2 Å². The van der Waals surface area contributed by atoms with E-state index >= 15 is 0 Å². The highest BCUT2D eigenvalue weighted by Gasteiger charge is 2.36. The van der Waals surface area contributed by atoms with Gasteiger partial charge in [0.15, 0.2) is 5.82 Å². The number of carbonyl (C=O) groups is 5. The van der Waals surface area contributed by atoms with E-state index in [1.807, 2.05) is 51.9 Å². The van der Waals surface area contributed by atoms with Crippen molar-refractivity contribution in [2.75, 3.05) is 52.2 Å². The smallest absolute Gasteiger partial charge is 0.255 e. The maximum atomic E-state index is 14.7. The van der Waals surface area contributed by atoms with Crippen molar-refractivity contribution >= 4 is 51.1 Å². The summed E-state index contributed by atoms with van der Waals surface area (Å²) < 4.78 is 12.2. The highest BCUT2D eigenvalue weighted by atomic mass is 33.1. The van der Waals surface area contributed by atoms with E-state index in [1.165, 1.54) is 43.5 Å². The van der Waals surface area contributed by atoms with E-state index in [0.717, 1.165) is 17.1 Å². The molecule has 20 heteroatoms. The maximum Gasteiger partial charge on any atom is 0.255 e. The van der Waals surface area contributed by atoms with Gasteiger partial charge >= 0.3 is 0 Å². The average molecular weight is 968 g/mol. The molecular formula is C48H61N11O7S2. The third kappa shape index (κ3) is 14.1. The van der Waals surface area contributed by atoms with Gasteiger partial charge in [-0.1, -0.05) is 71.3 Å². The highest BCUT2D eigenvalue weighted by Crippen LogP contribution is 2.40. The summed E-state index contributed by atoms with van der Waals surface area (Å²) in [6.07, 6.45) is 3.78. The molecule has 0 saturated carbocycles. The van der Waals surface area contributed by atoms with Crippen LogP contribution >= 0.6 is 21.6 Å². The first-order valence-electron chi connectivity index (χ1n) is 22.5. The Morgan fingerprint density at radius 2 is 1.63 bits per heavy atom. The van der Waals surface area contributed by atoms with Crippen LogP contribution in [-0.4, -0.2) is 115 Å². The minimum atomic E-state index is -1.40. The fraction of sp³-hybridized carbons (Fsp3) is 0.417. The van der Waals surface area contributed by atoms with E-state index in [0.29, 0.717) is 45.3 Å². The molecule has 5 rings (SSSR count). The van der Waals surface area contributed by atoms with E-state index < -0.39 is 53.7 Å². The lowest BCUT2D eigenvalue weighted by atomic mass is 9.93. The fourth-order valence-corrected chi connectivity index (χ4v) is 9.62. The number of carbonyl (C=O) groups excluding carboxylic acids is 5. The summed E-state index contributed by atoms with van der Waals surface area (Å²) in [5.74, 6) is -0.154. The van der Waals surface area contributed by atoms with Crippen LogP contribution in [0.25, 0.3) is 22.5 Å². The van der Waals surface area contributed by atoms with Gasteiger partial charge in [0.05, 0.1) is 17.3 Å². The molecule has 0 radical (unpaired) electrons. The monoisotopic (exact) mass is 967 g/mol. The van der Waals surface area contributed by atoms with Crippen molar-refractivity contribution in [3.63, 3.8) is 0 Å². The van der Waals surface area contributed by atoms with Crippen LogP contribution in [0, 0.1) is 18.3 Å². The molecule has 1 aromatic heterocycles. The van der Waals surface area contributed by atoms with Crippen LogP contribution in [0.2, 0.25) is 0 Å². The Labute approximate surface area is 405 Å². The topological polar surface area (TPSA) is 283 Å². The minimum absolute atomic E-state index is 0.00129. The predicted molar refractivity (Wildman–Crippen MR) is 264 cm³/mol. The summed E-state index contributed by atoms with van der Waals surface area (Å²) in [6.45, 7) is 5.67. The van der Waals surface area contributed by atoms with E-state index in [1.54, 1.807) is 43.3 Å². The molecule has 362 valence electrons. The second kappa shape index (κ2) is 26.3. The van der Waals surface area contributed by atoms with Crippen LogP contribution in [0.3, 0.4) is 0 Å². The quantitative estimate of drug-likeness (QED) is 0.0358. The molecule has 68 heavy (non-hydrogen) atoms. The average Bonchev–Trinajstić information content (AvgIpc) is 3.33. The first-order chi connectivity index (χ1) is 32.8. The molecule has 18 nitrogen and oxygen atoms in total. The molecule has 0 unspecified atom stereocenters. The SMILES string of the molecule is CCCCSSCc1ccc(-c2ncc(C(=O)N[C@@H](CCN)C(=O)N(C)[C@@H]3C(=O)N[C@@H](C)C(=O)N[C@H](C(=O)NCC#N)Cc4ccc(OCCN)c(c4)-c4cc3ccc4OCCN)c(C)n2)cc1. The van der Waals surface area contributed by atoms with Crippen molar-refractivity contribution in [3.05, 3.63) is 94.8 Å². The van der Waals surface area contributed by atoms with Gasteiger partial charge in [-0.25, -0.2) is 9.97 Å². The first-order valence-corrected chi connectivity index (χ1v) is 25.0. The number of hydrogen-bond donors (Lipinski definition) is 7. The molecule has 0 aliphatic carbocycles. The molecule has 4 bridgehead atoms. The largest absolute Gasteiger partial charge is 0.492 e. The number of nitriles is 1. The van der Waals surface area contributed by atoms with Crippen molar-refractivity contribution in [1.29, 1.82) is 5.26 Å². The number of ether oxygens (including phenoxy) is 2. The van der Waals surface area contributed by atoms with E-state index in [-0.39, 0.29) is 57.8 Å². The number of benzene rings is 3. The number of amides is 5. The van der Waals surface area contributed by atoms with Crippen LogP contribution in [0.4, 0.5) is 0 Å². The normalized spacial score (nSPS) is 16.2. The number of nitrogens with zero attached hydrogens (tertiary/aromatic N) is 4. The zero-order chi connectivity index (χ0) is 49.2. The van der Waals surface area contributed by atoms with Crippen LogP contribution in [0.15, 0.2) is 66.9 Å². The molecule has 2 heterocycles. The first kappa shape index (κ1) is 52.7. The molecule has 0 saturated heterocycles. The summed E-state index contributed by atoms with van der Waals surface area (Å²) in [5.41, 5.74) is 22.1. The number of aryl methyl sites for hydroxylation is 1. The highest BCUT2D eigenvalue weighted by molar-refractivity contribution is 8.76. The fourth-order valence-electron chi connectivity index (χ4n) is 7.32. The second-order valence-electron chi connectivity index (χ2n) is 16.0. The standard InChI is InChI=1S/C48H61N11O7S2/c1-5-6-23-67-68-28-31-7-10-33(11-8-31)43-54-27-37(29(2)55-43)45(61)57-38(15-16-49)48(64)59(4)42-34-12-14-41(66-22-19-52)36(26-34)35-24-32(9-13-40(35)65-21-18-51)25-39(46(62)53-20-17-50)58-44(60)30(3)56-47(42)63/h7-14,24,26-27,30,38-39,42H,5-6,15-16,18-23,25,28,49,51-52H2,1-4H3,(H,53,62)(H,56,63)(H,57,61)(H,58,60)/t30-,38-,39-,42-/m0/s1. The van der Waals surface area contributed by atoms with Crippen LogP contribution in [-0.2, 0) is 31.4 Å². The van der Waals surface area contributed by atoms with Crippen LogP contribution in [0.1, 0.15) is 71.9 Å². The van der Waals surface area contributed by atoms with Crippen LogP contribution in [0.5, 0.6) is 11.5 Å². The lowest BCUT2D eigenvalue weighted by Crippen LogP contribution is -2.56. The molecule has 3 aromatic carbocycles. The van der Waals surface area contributed by atoms with Crippen molar-refractivity contribution < 1.29 is 33.4 Å². The predicted octanol–water partition coefficient (Wildman–Crippen LogP) is 3.31. The van der Waals surface area contributed by atoms with Gasteiger partial charge in [0, 0.05) is 61.0 Å². The summed E-state index contributed by atoms with van der Waals surface area (Å²) in [5, 5.41) is 19.9. The number of unbranched alkanes of at least 4 members (excludes halogenated alkanes) is 1. The van der Waals surface area contributed by atoms with Crippen molar-refractivity contribution in [2.45, 2.75) is 76.4 Å². The lowest BCUT2D eigenvalue weighted by Gasteiger charge is -2.32. The molecule has 0 spiro atoms. The number of nitrogens with two attached hydrogens (primary N) is 3. The number of aromatic nitrogens is 2. The summed E-state index contributed by atoms with van der Waals surface area (Å²) >= 11 is 0. The van der Waals surface area contributed by atoms with Crippen molar-refractivity contribution in [3.8, 4) is 40.1 Å². The van der Waals surface area contributed by atoms with Gasteiger partial charge in [0.2, 0.25) is 23.6 Å². The third-order valence-corrected chi connectivity index (χ3v) is 13.4. The number of rotatable bonds is 21. The molecule has 1 aliphatic rings. The number of fused-ring (bicyclic) bond motifs is 5. The Morgan fingerprint density at radius 3 is 2.28 bits per heavy atom. The van der Waals surface area contributed by atoms with E-state index in [2.05, 4.69) is 38.2 Å². The van der Waals surface area contributed by atoms with Gasteiger partial charge in [-0.05, 0) is 74.2 Å². The van der Waals surface area contributed by atoms with Crippen molar-refractivity contribution in [2.24, 2.45) is 17.2 Å². The zero-order valence-corrected chi connectivity index (χ0v) is 40.5. The summed E-state index contributed by atoms with van der Waals surface area (Å²) in [7, 11) is 5.10. The van der Waals surface area contributed by atoms with Crippen LogP contribution < -0.4 is 47.9 Å². The molecule has 4 atom stereocenters. The Hall–Kier alpha value is -6.24. The number of likely N-dealkylation sites (N-methyl/N-ethyl adjacent to an activating group) is 1. The van der Waals surface area contributed by atoms with Gasteiger partial charge < -0.3 is 52.8 Å². The van der Waals surface area contributed by atoms with Gasteiger partial charge in [-0.2, -0.15) is 5.26 Å². The van der Waals surface area contributed by atoms with Gasteiger partial charge in [0.25, 0.3) is 5.91 Å². The second-order valence-corrected chi connectivity index (χ2v) is 18.6. The zero-order valence-electron chi connectivity index (χ0n) is 38.8. The minimum Gasteiger partial charge on any atom is -0.492 e. The Kier molecular flexibility index (Phi) is 20.4. The molecular weight excluding hydrogens is 907 g/mol. The van der Waals surface area contributed by atoms with Gasteiger partial charge in [-0.3, -0.25) is 24.0 Å². The van der Waals surface area contributed by atoms with Crippen molar-refractivity contribution in [1.82, 2.24) is 36.1 Å². The summed E-state index contributed by atoms with van der Waals surface area (Å²) in [4.78, 5) is 80.6. The molecule has 5 amide bonds.